The highest BCUT2D eigenvalue weighted by atomic mass is 16.5. The van der Waals surface area contributed by atoms with Crippen LogP contribution in [0.25, 0.3) is 0 Å². The van der Waals surface area contributed by atoms with Gasteiger partial charge in [0.2, 0.25) is 0 Å². The minimum atomic E-state index is 0.856. The zero-order valence-corrected chi connectivity index (χ0v) is 9.56. The van der Waals surface area contributed by atoms with E-state index in [1.54, 1.807) is 0 Å². The van der Waals surface area contributed by atoms with Gasteiger partial charge in [-0.2, -0.15) is 0 Å². The molecule has 1 N–H and O–H groups in total. The van der Waals surface area contributed by atoms with E-state index in [-0.39, 0.29) is 0 Å². The van der Waals surface area contributed by atoms with E-state index in [1.165, 1.54) is 51.6 Å². The molecule has 1 fully saturated rings. The van der Waals surface area contributed by atoms with Crippen LogP contribution in [0.5, 0.6) is 0 Å². The first-order valence-corrected chi connectivity index (χ1v) is 6.22. The molecule has 0 aliphatic carbocycles. The van der Waals surface area contributed by atoms with Crippen LogP contribution in [-0.4, -0.2) is 26.3 Å². The zero-order chi connectivity index (χ0) is 10.1. The third-order valence-electron chi connectivity index (χ3n) is 2.90. The van der Waals surface area contributed by atoms with Crippen LogP contribution in [0.4, 0.5) is 0 Å². The molecule has 0 bridgehead atoms. The number of unbranched alkanes of at least 4 members (excludes halogenated alkanes) is 1. The highest BCUT2D eigenvalue weighted by Gasteiger charge is 2.12. The van der Waals surface area contributed by atoms with Crippen molar-refractivity contribution in [3.63, 3.8) is 0 Å². The maximum Gasteiger partial charge on any atom is 0.0494 e. The molecule has 0 saturated carbocycles. The molecule has 1 heterocycles. The Morgan fingerprint density at radius 2 is 2.21 bits per heavy atom. The van der Waals surface area contributed by atoms with Gasteiger partial charge in [-0.1, -0.05) is 13.3 Å². The van der Waals surface area contributed by atoms with Gasteiger partial charge in [-0.25, -0.2) is 0 Å². The van der Waals surface area contributed by atoms with E-state index in [0.29, 0.717) is 0 Å². The van der Waals surface area contributed by atoms with Gasteiger partial charge >= 0.3 is 0 Å². The molecule has 1 aliphatic heterocycles. The topological polar surface area (TPSA) is 21.3 Å². The van der Waals surface area contributed by atoms with Crippen molar-refractivity contribution in [3.05, 3.63) is 0 Å². The van der Waals surface area contributed by atoms with Crippen LogP contribution in [0, 0.1) is 5.92 Å². The van der Waals surface area contributed by atoms with Crippen molar-refractivity contribution in [1.29, 1.82) is 0 Å². The maximum absolute atomic E-state index is 5.46. The second-order valence-electron chi connectivity index (χ2n) is 4.33. The second kappa shape index (κ2) is 8.25. The second-order valence-corrected chi connectivity index (χ2v) is 4.33. The molecule has 0 spiro atoms. The quantitative estimate of drug-likeness (QED) is 0.636. The smallest absolute Gasteiger partial charge is 0.0494 e. The minimum Gasteiger partial charge on any atom is -0.381 e. The molecule has 2 heteroatoms. The summed E-state index contributed by atoms with van der Waals surface area (Å²) in [6.45, 7) is 6.59. The first kappa shape index (κ1) is 12.0. The monoisotopic (exact) mass is 199 g/mol. The first-order valence-electron chi connectivity index (χ1n) is 6.22. The number of ether oxygens (including phenoxy) is 1. The summed E-state index contributed by atoms with van der Waals surface area (Å²) in [6.07, 6.45) is 7.98. The summed E-state index contributed by atoms with van der Waals surface area (Å²) in [5.74, 6) is 0.856. The van der Waals surface area contributed by atoms with Gasteiger partial charge in [-0.3, -0.25) is 0 Å². The molecule has 0 amide bonds. The Bertz CT molecular complexity index is 121. The third-order valence-corrected chi connectivity index (χ3v) is 2.90. The molecule has 0 aromatic carbocycles. The van der Waals surface area contributed by atoms with Crippen LogP contribution >= 0.6 is 0 Å². The third kappa shape index (κ3) is 5.61. The molecule has 0 aromatic heterocycles. The van der Waals surface area contributed by atoms with E-state index in [1.807, 2.05) is 0 Å². The van der Waals surface area contributed by atoms with Crippen molar-refractivity contribution in [2.24, 2.45) is 5.92 Å². The van der Waals surface area contributed by atoms with Crippen molar-refractivity contribution in [2.75, 3.05) is 26.3 Å². The zero-order valence-electron chi connectivity index (χ0n) is 9.56. The highest BCUT2D eigenvalue weighted by Crippen LogP contribution is 2.19. The summed E-state index contributed by atoms with van der Waals surface area (Å²) in [6, 6.07) is 0. The fourth-order valence-electron chi connectivity index (χ4n) is 2.02. The highest BCUT2D eigenvalue weighted by molar-refractivity contribution is 4.63. The van der Waals surface area contributed by atoms with Crippen LogP contribution in [0.3, 0.4) is 0 Å². The van der Waals surface area contributed by atoms with E-state index in [2.05, 4.69) is 12.2 Å². The lowest BCUT2D eigenvalue weighted by molar-refractivity contribution is 0.0508. The van der Waals surface area contributed by atoms with Gasteiger partial charge in [0.1, 0.15) is 0 Å². The summed E-state index contributed by atoms with van der Waals surface area (Å²) in [4.78, 5) is 0. The molecule has 1 unspecified atom stereocenters. The summed E-state index contributed by atoms with van der Waals surface area (Å²) < 4.78 is 5.46. The van der Waals surface area contributed by atoms with Gasteiger partial charge < -0.3 is 10.1 Å². The van der Waals surface area contributed by atoms with Crippen molar-refractivity contribution in [3.8, 4) is 0 Å². The standard InChI is InChI=1S/C12H25NO/c1-2-8-13-9-4-3-6-12-7-5-10-14-11-12/h12-13H,2-11H2,1H3. The van der Waals surface area contributed by atoms with Crippen molar-refractivity contribution < 1.29 is 4.74 Å². The Labute approximate surface area is 88.4 Å². The van der Waals surface area contributed by atoms with Gasteiger partial charge in [-0.05, 0) is 51.1 Å². The Kier molecular flexibility index (Phi) is 7.06. The summed E-state index contributed by atoms with van der Waals surface area (Å²) >= 11 is 0. The number of hydrogen-bond donors (Lipinski definition) is 1. The molecule has 1 aliphatic rings. The molecule has 14 heavy (non-hydrogen) atoms. The lowest BCUT2D eigenvalue weighted by Crippen LogP contribution is -2.18. The molecule has 84 valence electrons. The van der Waals surface area contributed by atoms with Gasteiger partial charge in [0.25, 0.3) is 0 Å². The van der Waals surface area contributed by atoms with Crippen molar-refractivity contribution in [2.45, 2.75) is 45.4 Å². The van der Waals surface area contributed by atoms with E-state index < -0.39 is 0 Å². The number of nitrogens with one attached hydrogen (secondary N) is 1. The van der Waals surface area contributed by atoms with Gasteiger partial charge in [0.05, 0.1) is 0 Å². The summed E-state index contributed by atoms with van der Waals surface area (Å²) in [5.41, 5.74) is 0. The number of hydrogen-bond acceptors (Lipinski definition) is 2. The lowest BCUT2D eigenvalue weighted by Gasteiger charge is -2.21. The first-order chi connectivity index (χ1) is 6.93. The minimum absolute atomic E-state index is 0.856. The molecule has 1 rings (SSSR count). The molecule has 0 radical (unpaired) electrons. The summed E-state index contributed by atoms with van der Waals surface area (Å²) in [5, 5.41) is 3.44. The molecular weight excluding hydrogens is 174 g/mol. The Balaban J connectivity index is 1.82. The fourth-order valence-corrected chi connectivity index (χ4v) is 2.02. The molecule has 0 aromatic rings. The van der Waals surface area contributed by atoms with Crippen LogP contribution in [0.2, 0.25) is 0 Å². The SMILES string of the molecule is CCCNCCCCC1CCCOC1. The normalized spacial score (nSPS) is 22.5. The van der Waals surface area contributed by atoms with Gasteiger partial charge in [-0.15, -0.1) is 0 Å². The molecule has 1 saturated heterocycles. The Hall–Kier alpha value is -0.0800. The van der Waals surface area contributed by atoms with E-state index >= 15 is 0 Å². The predicted molar refractivity (Wildman–Crippen MR) is 60.6 cm³/mol. The van der Waals surface area contributed by atoms with Crippen molar-refractivity contribution in [1.82, 2.24) is 5.32 Å². The summed E-state index contributed by atoms with van der Waals surface area (Å²) in [7, 11) is 0. The molecule has 2 nitrogen and oxygen atoms in total. The largest absolute Gasteiger partial charge is 0.381 e. The van der Waals surface area contributed by atoms with Gasteiger partial charge in [0.15, 0.2) is 0 Å². The lowest BCUT2D eigenvalue weighted by atomic mass is 9.96. The Morgan fingerprint density at radius 1 is 1.29 bits per heavy atom. The fraction of sp³-hybridized carbons (Fsp3) is 1.00. The predicted octanol–water partition coefficient (Wildman–Crippen LogP) is 2.58. The average molecular weight is 199 g/mol. The van der Waals surface area contributed by atoms with E-state index in [9.17, 15) is 0 Å². The Morgan fingerprint density at radius 3 is 2.93 bits per heavy atom. The number of rotatable bonds is 7. The van der Waals surface area contributed by atoms with E-state index in [0.717, 1.165) is 19.1 Å². The average Bonchev–Trinajstić information content (AvgIpc) is 2.25. The molecule has 1 atom stereocenters. The van der Waals surface area contributed by atoms with Crippen LogP contribution < -0.4 is 5.32 Å². The van der Waals surface area contributed by atoms with E-state index in [4.69, 9.17) is 4.74 Å². The maximum atomic E-state index is 5.46. The van der Waals surface area contributed by atoms with Gasteiger partial charge in [0, 0.05) is 13.2 Å². The van der Waals surface area contributed by atoms with Crippen molar-refractivity contribution >= 4 is 0 Å². The van der Waals surface area contributed by atoms with Crippen LogP contribution in [0.15, 0.2) is 0 Å². The van der Waals surface area contributed by atoms with Crippen LogP contribution in [-0.2, 0) is 4.74 Å². The molecular formula is C12H25NO. The van der Waals surface area contributed by atoms with Crippen LogP contribution in [0.1, 0.15) is 45.4 Å².